The van der Waals surface area contributed by atoms with Crippen molar-refractivity contribution in [3.8, 4) is 23.5 Å². The van der Waals surface area contributed by atoms with E-state index in [9.17, 15) is 19.1 Å². The molecule has 1 N–H and O–H groups in total. The van der Waals surface area contributed by atoms with Crippen molar-refractivity contribution in [3.63, 3.8) is 0 Å². The van der Waals surface area contributed by atoms with Gasteiger partial charge in [-0.1, -0.05) is 24.3 Å². The quantitative estimate of drug-likeness (QED) is 0.753. The molecule has 2 aromatic carbocycles. The maximum Gasteiger partial charge on any atom is 0.303 e. The molecule has 0 saturated heterocycles. The first-order chi connectivity index (χ1) is 13.3. The average Bonchev–Trinajstić information content (AvgIpc) is 2.90. The Balaban J connectivity index is 2.03. The Kier molecular flexibility index (Phi) is 5.65. The van der Waals surface area contributed by atoms with Crippen molar-refractivity contribution in [3.05, 3.63) is 58.9 Å². The number of aliphatic carboxylic acids is 1. The fourth-order valence-electron chi connectivity index (χ4n) is 4.51. The molecule has 3 atom stereocenters. The number of terminal acetylenes is 1. The highest BCUT2D eigenvalue weighted by Crippen LogP contribution is 2.46. The fourth-order valence-corrected chi connectivity index (χ4v) is 4.51. The lowest BCUT2D eigenvalue weighted by molar-refractivity contribution is -0.138. The van der Waals surface area contributed by atoms with E-state index in [1.165, 1.54) is 12.1 Å². The number of ketones is 1. The van der Waals surface area contributed by atoms with E-state index in [0.717, 1.165) is 27.8 Å². The second-order valence-corrected chi connectivity index (χ2v) is 7.61. The number of hydrogen-bond acceptors (Lipinski definition) is 2. The van der Waals surface area contributed by atoms with E-state index in [1.807, 2.05) is 26.0 Å². The number of carbonyl (C=O) groups excluding carboxylic acids is 1. The molecule has 0 radical (unpaired) electrons. The number of carbonyl (C=O) groups is 2. The van der Waals surface area contributed by atoms with Gasteiger partial charge in [0, 0.05) is 24.7 Å². The van der Waals surface area contributed by atoms with E-state index < -0.39 is 11.9 Å². The zero-order chi connectivity index (χ0) is 20.4. The van der Waals surface area contributed by atoms with E-state index in [0.29, 0.717) is 12.8 Å². The second kappa shape index (κ2) is 7.98. The monoisotopic (exact) mass is 378 g/mol. The minimum atomic E-state index is -0.901. The second-order valence-electron chi connectivity index (χ2n) is 7.61. The first-order valence-electron chi connectivity index (χ1n) is 9.38. The smallest absolute Gasteiger partial charge is 0.303 e. The predicted octanol–water partition coefficient (Wildman–Crippen LogP) is 4.90. The van der Waals surface area contributed by atoms with Crippen molar-refractivity contribution < 1.29 is 19.1 Å². The third-order valence-electron chi connectivity index (χ3n) is 5.65. The average molecular weight is 378 g/mol. The molecule has 0 bridgehead atoms. The van der Waals surface area contributed by atoms with Crippen LogP contribution in [0.5, 0.6) is 0 Å². The number of Topliss-reactive ketones (excluding diaryl/α,β-unsaturated/α-hetero) is 1. The summed E-state index contributed by atoms with van der Waals surface area (Å²) >= 11 is 0. The molecular formula is C24H23FO3. The maximum atomic E-state index is 13.2. The molecule has 0 amide bonds. The molecule has 3 unspecified atom stereocenters. The van der Waals surface area contributed by atoms with E-state index in [1.54, 1.807) is 12.1 Å². The molecule has 0 heterocycles. The summed E-state index contributed by atoms with van der Waals surface area (Å²) < 4.78 is 13.2. The summed E-state index contributed by atoms with van der Waals surface area (Å²) in [7, 11) is 0. The van der Waals surface area contributed by atoms with Gasteiger partial charge in [0.1, 0.15) is 11.6 Å². The number of carboxylic acid groups (broad SMARTS) is 1. The standard InChI is InChI=1S/C24H23FO3/c1-4-5-17-12-19(13-21(26)27)23(24(17)28)22-14(2)10-18(11-15(22)3)16-6-8-20(25)9-7-16/h1,6-11,17,19,23H,5,12-13H2,2-3H3,(H,26,27). The molecule has 1 aliphatic rings. The van der Waals surface area contributed by atoms with E-state index >= 15 is 0 Å². The topological polar surface area (TPSA) is 54.4 Å². The lowest BCUT2D eigenvalue weighted by atomic mass is 9.80. The highest BCUT2D eigenvalue weighted by molar-refractivity contribution is 5.92. The Bertz CT molecular complexity index is 930. The zero-order valence-electron chi connectivity index (χ0n) is 16.0. The zero-order valence-corrected chi connectivity index (χ0v) is 16.0. The van der Waals surface area contributed by atoms with Gasteiger partial charge in [-0.25, -0.2) is 4.39 Å². The van der Waals surface area contributed by atoms with Crippen LogP contribution >= 0.6 is 0 Å². The Morgan fingerprint density at radius 2 is 1.79 bits per heavy atom. The van der Waals surface area contributed by atoms with Gasteiger partial charge in [-0.15, -0.1) is 12.3 Å². The molecule has 2 aromatic rings. The van der Waals surface area contributed by atoms with Crippen molar-refractivity contribution in [2.24, 2.45) is 11.8 Å². The van der Waals surface area contributed by atoms with Gasteiger partial charge < -0.3 is 5.11 Å². The molecule has 0 spiro atoms. The SMILES string of the molecule is C#CCC1CC(CC(=O)O)C(c2c(C)cc(-c3ccc(F)cc3)cc2C)C1=O. The summed E-state index contributed by atoms with van der Waals surface area (Å²) in [5, 5.41) is 9.31. The van der Waals surface area contributed by atoms with Gasteiger partial charge in [0.25, 0.3) is 0 Å². The first kappa shape index (κ1) is 19.8. The van der Waals surface area contributed by atoms with Crippen LogP contribution in [0.1, 0.15) is 41.9 Å². The highest BCUT2D eigenvalue weighted by Gasteiger charge is 2.44. The third kappa shape index (κ3) is 3.84. The largest absolute Gasteiger partial charge is 0.481 e. The molecule has 3 nitrogen and oxygen atoms in total. The summed E-state index contributed by atoms with van der Waals surface area (Å²) in [4.78, 5) is 24.4. The van der Waals surface area contributed by atoms with Gasteiger partial charge in [-0.3, -0.25) is 9.59 Å². The number of benzene rings is 2. The van der Waals surface area contributed by atoms with Crippen LogP contribution in [0.4, 0.5) is 4.39 Å². The Morgan fingerprint density at radius 3 is 2.32 bits per heavy atom. The van der Waals surface area contributed by atoms with E-state index in [4.69, 9.17) is 6.42 Å². The Labute approximate surface area is 164 Å². The highest BCUT2D eigenvalue weighted by atomic mass is 19.1. The first-order valence-corrected chi connectivity index (χ1v) is 9.38. The maximum absolute atomic E-state index is 13.2. The van der Waals surface area contributed by atoms with Crippen LogP contribution in [0.15, 0.2) is 36.4 Å². The molecule has 28 heavy (non-hydrogen) atoms. The lowest BCUT2D eigenvalue weighted by Crippen LogP contribution is -2.19. The van der Waals surface area contributed by atoms with E-state index in [-0.39, 0.29) is 29.9 Å². The summed E-state index contributed by atoms with van der Waals surface area (Å²) in [6.07, 6.45) is 6.22. The molecule has 4 heteroatoms. The summed E-state index contributed by atoms with van der Waals surface area (Å²) in [5.41, 5.74) is 4.62. The number of halogens is 1. The molecule has 1 aliphatic carbocycles. The molecule has 1 fully saturated rings. The summed E-state index contributed by atoms with van der Waals surface area (Å²) in [6.45, 7) is 3.88. The molecular weight excluding hydrogens is 355 g/mol. The third-order valence-corrected chi connectivity index (χ3v) is 5.65. The van der Waals surface area contributed by atoms with Crippen LogP contribution in [-0.2, 0) is 9.59 Å². The number of hydrogen-bond donors (Lipinski definition) is 1. The van der Waals surface area contributed by atoms with Crippen LogP contribution < -0.4 is 0 Å². The minimum Gasteiger partial charge on any atom is -0.481 e. The minimum absolute atomic E-state index is 0.0456. The van der Waals surface area contributed by atoms with Gasteiger partial charge in [0.05, 0.1) is 0 Å². The van der Waals surface area contributed by atoms with Gasteiger partial charge in [-0.05, 0) is 66.1 Å². The van der Waals surface area contributed by atoms with Gasteiger partial charge in [0.2, 0.25) is 0 Å². The van der Waals surface area contributed by atoms with Gasteiger partial charge in [-0.2, -0.15) is 0 Å². The van der Waals surface area contributed by atoms with Crippen molar-refractivity contribution in [2.45, 2.75) is 39.0 Å². The lowest BCUT2D eigenvalue weighted by Gasteiger charge is -2.22. The summed E-state index contributed by atoms with van der Waals surface area (Å²) in [5.74, 6) is 0.424. The van der Waals surface area contributed by atoms with Crippen LogP contribution in [-0.4, -0.2) is 16.9 Å². The number of aryl methyl sites for hydroxylation is 2. The number of carboxylic acids is 1. The van der Waals surface area contributed by atoms with Crippen molar-refractivity contribution in [1.82, 2.24) is 0 Å². The summed E-state index contributed by atoms with van der Waals surface area (Å²) in [6, 6.07) is 10.2. The Morgan fingerprint density at radius 1 is 1.18 bits per heavy atom. The molecule has 144 valence electrons. The molecule has 3 rings (SSSR count). The fraction of sp³-hybridized carbons (Fsp3) is 0.333. The van der Waals surface area contributed by atoms with E-state index in [2.05, 4.69) is 5.92 Å². The number of rotatable bonds is 5. The van der Waals surface area contributed by atoms with Crippen LogP contribution in [0.3, 0.4) is 0 Å². The predicted molar refractivity (Wildman–Crippen MR) is 106 cm³/mol. The molecule has 0 aliphatic heterocycles. The van der Waals surface area contributed by atoms with Crippen molar-refractivity contribution >= 4 is 11.8 Å². The Hall–Kier alpha value is -2.93. The van der Waals surface area contributed by atoms with Crippen molar-refractivity contribution in [2.75, 3.05) is 0 Å². The molecule has 0 aromatic heterocycles. The normalized spacial score (nSPS) is 21.5. The van der Waals surface area contributed by atoms with Crippen molar-refractivity contribution in [1.29, 1.82) is 0 Å². The molecule has 1 saturated carbocycles. The van der Waals surface area contributed by atoms with Crippen LogP contribution in [0.25, 0.3) is 11.1 Å². The van der Waals surface area contributed by atoms with Gasteiger partial charge in [0.15, 0.2) is 0 Å². The van der Waals surface area contributed by atoms with Gasteiger partial charge >= 0.3 is 5.97 Å². The van der Waals surface area contributed by atoms with Crippen LogP contribution in [0.2, 0.25) is 0 Å². The van der Waals surface area contributed by atoms with Crippen LogP contribution in [0, 0.1) is 43.8 Å².